The molecule has 1 saturated heterocycles. The minimum Gasteiger partial charge on any atom is -0.497 e. The molecule has 2 aliphatic rings. The molecule has 0 aliphatic carbocycles. The second kappa shape index (κ2) is 10.2. The number of carbonyl (C=O) groups is 2. The van der Waals surface area contributed by atoms with Crippen LogP contribution in [0.2, 0.25) is 0 Å². The molecule has 2 aromatic carbocycles. The molecule has 0 bridgehead atoms. The largest absolute Gasteiger partial charge is 0.497 e. The number of anilines is 1. The van der Waals surface area contributed by atoms with Crippen LogP contribution >= 0.6 is 0 Å². The van der Waals surface area contributed by atoms with Crippen molar-refractivity contribution in [3.8, 4) is 11.5 Å². The summed E-state index contributed by atoms with van der Waals surface area (Å²) >= 11 is 0. The topological polar surface area (TPSA) is 105 Å². The number of ether oxygens (including phenoxy) is 2. The summed E-state index contributed by atoms with van der Waals surface area (Å²) in [6, 6.07) is 11.8. The number of rotatable bonds is 7. The molecule has 2 atom stereocenters. The standard InChI is InChI=1S/C25H31N3O6S/c1-17-10-18(2)14-27(13-17)35(31,32)21-8-9-23-22(11-21)28(25(30)16-34-23)15-24(29)26-12-19-4-6-20(33-3)7-5-19/h4-9,11,17-18H,10,12-16H2,1-3H3,(H,26,29). The summed E-state index contributed by atoms with van der Waals surface area (Å²) in [6.45, 7) is 4.83. The number of fused-ring (bicyclic) bond motifs is 1. The van der Waals surface area contributed by atoms with Crippen molar-refractivity contribution in [1.82, 2.24) is 9.62 Å². The van der Waals surface area contributed by atoms with Crippen LogP contribution in [0.25, 0.3) is 0 Å². The van der Waals surface area contributed by atoms with Crippen LogP contribution in [0.15, 0.2) is 47.4 Å². The average Bonchev–Trinajstić information content (AvgIpc) is 2.84. The van der Waals surface area contributed by atoms with Crippen molar-refractivity contribution in [1.29, 1.82) is 0 Å². The molecule has 0 aromatic heterocycles. The number of piperidine rings is 1. The fourth-order valence-corrected chi connectivity index (χ4v) is 6.31. The van der Waals surface area contributed by atoms with E-state index in [1.165, 1.54) is 21.3 Å². The van der Waals surface area contributed by atoms with E-state index in [0.717, 1.165) is 17.7 Å². The molecule has 4 rings (SSSR count). The van der Waals surface area contributed by atoms with Gasteiger partial charge in [-0.05, 0) is 54.2 Å². The van der Waals surface area contributed by atoms with Crippen molar-refractivity contribution in [2.24, 2.45) is 11.8 Å². The summed E-state index contributed by atoms with van der Waals surface area (Å²) in [6.07, 6.45) is 0.984. The number of benzene rings is 2. The lowest BCUT2D eigenvalue weighted by Crippen LogP contribution is -2.45. The van der Waals surface area contributed by atoms with E-state index in [2.05, 4.69) is 5.32 Å². The Hall–Kier alpha value is -3.11. The Kier molecular flexibility index (Phi) is 7.32. The maximum absolute atomic E-state index is 13.4. The second-order valence-electron chi connectivity index (χ2n) is 9.29. The molecule has 2 aromatic rings. The van der Waals surface area contributed by atoms with Crippen LogP contribution in [-0.2, 0) is 26.2 Å². The zero-order valence-corrected chi connectivity index (χ0v) is 21.0. The van der Waals surface area contributed by atoms with Crippen LogP contribution in [0.4, 0.5) is 5.69 Å². The molecule has 35 heavy (non-hydrogen) atoms. The lowest BCUT2D eigenvalue weighted by Gasteiger charge is -2.34. The summed E-state index contributed by atoms with van der Waals surface area (Å²) in [7, 11) is -2.17. The lowest BCUT2D eigenvalue weighted by molar-refractivity contribution is -0.125. The third kappa shape index (κ3) is 5.59. The highest BCUT2D eigenvalue weighted by Gasteiger charge is 2.34. The molecule has 10 heteroatoms. The van der Waals surface area contributed by atoms with Crippen molar-refractivity contribution in [2.75, 3.05) is 38.3 Å². The van der Waals surface area contributed by atoms with Crippen molar-refractivity contribution in [3.63, 3.8) is 0 Å². The molecule has 1 N–H and O–H groups in total. The van der Waals surface area contributed by atoms with Crippen LogP contribution in [0.1, 0.15) is 25.8 Å². The molecule has 0 saturated carbocycles. The molecule has 2 unspecified atom stereocenters. The van der Waals surface area contributed by atoms with Gasteiger partial charge in [0.25, 0.3) is 5.91 Å². The SMILES string of the molecule is COc1ccc(CNC(=O)CN2C(=O)COc3ccc(S(=O)(=O)N4CC(C)CC(C)C4)cc32)cc1. The predicted octanol–water partition coefficient (Wildman–Crippen LogP) is 2.40. The van der Waals surface area contributed by atoms with Gasteiger partial charge in [-0.2, -0.15) is 4.31 Å². The molecular weight excluding hydrogens is 470 g/mol. The van der Waals surface area contributed by atoms with Gasteiger partial charge in [0.15, 0.2) is 6.61 Å². The number of nitrogens with zero attached hydrogens (tertiary/aromatic N) is 2. The van der Waals surface area contributed by atoms with Crippen molar-refractivity contribution in [2.45, 2.75) is 31.7 Å². The van der Waals surface area contributed by atoms with E-state index in [0.29, 0.717) is 18.8 Å². The highest BCUT2D eigenvalue weighted by Crippen LogP contribution is 2.36. The van der Waals surface area contributed by atoms with Gasteiger partial charge >= 0.3 is 0 Å². The molecule has 2 aliphatic heterocycles. The Morgan fingerprint density at radius 1 is 1.11 bits per heavy atom. The molecule has 1 fully saturated rings. The Labute approximate surface area is 206 Å². The van der Waals surface area contributed by atoms with Crippen molar-refractivity contribution < 1.29 is 27.5 Å². The maximum Gasteiger partial charge on any atom is 0.265 e. The second-order valence-corrected chi connectivity index (χ2v) is 11.2. The fraction of sp³-hybridized carbons (Fsp3) is 0.440. The third-order valence-electron chi connectivity index (χ3n) is 6.30. The van der Waals surface area contributed by atoms with Gasteiger partial charge in [-0.25, -0.2) is 8.42 Å². The number of hydrogen-bond acceptors (Lipinski definition) is 6. The van der Waals surface area contributed by atoms with E-state index in [1.54, 1.807) is 25.3 Å². The van der Waals surface area contributed by atoms with Gasteiger partial charge in [0.1, 0.15) is 18.0 Å². The number of hydrogen-bond donors (Lipinski definition) is 1. The molecule has 188 valence electrons. The quantitative estimate of drug-likeness (QED) is 0.625. The Bertz CT molecular complexity index is 1190. The molecule has 0 radical (unpaired) electrons. The first-order chi connectivity index (χ1) is 16.7. The summed E-state index contributed by atoms with van der Waals surface area (Å²) in [5.74, 6) is 0.839. The van der Waals surface area contributed by atoms with Gasteiger partial charge in [-0.1, -0.05) is 26.0 Å². The van der Waals surface area contributed by atoms with Crippen LogP contribution < -0.4 is 19.7 Å². The number of sulfonamides is 1. The molecule has 0 spiro atoms. The first-order valence-corrected chi connectivity index (χ1v) is 13.1. The highest BCUT2D eigenvalue weighted by atomic mass is 32.2. The fourth-order valence-electron chi connectivity index (χ4n) is 4.61. The van der Waals surface area contributed by atoms with Gasteiger partial charge in [-0.3, -0.25) is 14.5 Å². The normalized spacial score (nSPS) is 20.7. The molecular formula is C25H31N3O6S. The van der Waals surface area contributed by atoms with Gasteiger partial charge < -0.3 is 14.8 Å². The Balaban J connectivity index is 1.51. The Morgan fingerprint density at radius 3 is 2.46 bits per heavy atom. The summed E-state index contributed by atoms with van der Waals surface area (Å²) < 4.78 is 38.9. The smallest absolute Gasteiger partial charge is 0.265 e. The van der Waals surface area contributed by atoms with Crippen LogP contribution in [0.3, 0.4) is 0 Å². The predicted molar refractivity (Wildman–Crippen MR) is 131 cm³/mol. The van der Waals surface area contributed by atoms with E-state index >= 15 is 0 Å². The number of methoxy groups -OCH3 is 1. The van der Waals surface area contributed by atoms with E-state index in [-0.39, 0.29) is 48.0 Å². The first-order valence-electron chi connectivity index (χ1n) is 11.6. The highest BCUT2D eigenvalue weighted by molar-refractivity contribution is 7.89. The van der Waals surface area contributed by atoms with Crippen molar-refractivity contribution >= 4 is 27.5 Å². The monoisotopic (exact) mass is 501 g/mol. The zero-order chi connectivity index (χ0) is 25.2. The first kappa shape index (κ1) is 25.0. The van der Waals surface area contributed by atoms with Crippen LogP contribution in [0, 0.1) is 11.8 Å². The van der Waals surface area contributed by atoms with Crippen LogP contribution in [0.5, 0.6) is 11.5 Å². The lowest BCUT2D eigenvalue weighted by atomic mass is 9.94. The summed E-state index contributed by atoms with van der Waals surface area (Å²) in [5, 5.41) is 2.80. The summed E-state index contributed by atoms with van der Waals surface area (Å²) in [4.78, 5) is 26.7. The molecule has 2 heterocycles. The number of nitrogens with one attached hydrogen (secondary N) is 1. The average molecular weight is 502 g/mol. The number of amides is 2. The number of carbonyl (C=O) groups excluding carboxylic acids is 2. The maximum atomic E-state index is 13.4. The minimum atomic E-state index is -3.75. The van der Waals surface area contributed by atoms with E-state index in [4.69, 9.17) is 9.47 Å². The zero-order valence-electron chi connectivity index (χ0n) is 20.2. The van der Waals surface area contributed by atoms with E-state index in [1.807, 2.05) is 26.0 Å². The Morgan fingerprint density at radius 2 is 1.80 bits per heavy atom. The van der Waals surface area contributed by atoms with Crippen molar-refractivity contribution in [3.05, 3.63) is 48.0 Å². The van der Waals surface area contributed by atoms with Gasteiger partial charge in [0, 0.05) is 19.6 Å². The van der Waals surface area contributed by atoms with Gasteiger partial charge in [0.2, 0.25) is 15.9 Å². The van der Waals surface area contributed by atoms with Gasteiger partial charge in [-0.15, -0.1) is 0 Å². The summed E-state index contributed by atoms with van der Waals surface area (Å²) in [5.41, 5.74) is 1.16. The molecule has 9 nitrogen and oxygen atoms in total. The van der Waals surface area contributed by atoms with E-state index in [9.17, 15) is 18.0 Å². The third-order valence-corrected chi connectivity index (χ3v) is 8.12. The van der Waals surface area contributed by atoms with E-state index < -0.39 is 15.9 Å². The minimum absolute atomic E-state index is 0.0829. The van der Waals surface area contributed by atoms with Gasteiger partial charge in [0.05, 0.1) is 17.7 Å². The van der Waals surface area contributed by atoms with Crippen LogP contribution in [-0.4, -0.2) is 57.9 Å². The molecule has 2 amide bonds.